The molecule has 0 bridgehead atoms. The van der Waals surface area contributed by atoms with Crippen LogP contribution in [0.25, 0.3) is 0 Å². The van der Waals surface area contributed by atoms with Gasteiger partial charge in [0, 0.05) is 12.6 Å². The maximum Gasteiger partial charge on any atom is 0.0685 e. The van der Waals surface area contributed by atoms with Crippen LogP contribution < -0.4 is 11.3 Å². The zero-order chi connectivity index (χ0) is 12.5. The van der Waals surface area contributed by atoms with Crippen LogP contribution in [0.3, 0.4) is 0 Å². The minimum absolute atomic E-state index is 0.232. The fraction of sp³-hybridized carbons (Fsp3) is 1.00. The Balaban J connectivity index is 1.94. The largest absolute Gasteiger partial charge is 0.375 e. The van der Waals surface area contributed by atoms with E-state index >= 15 is 0 Å². The third-order valence-corrected chi connectivity index (χ3v) is 4.41. The lowest BCUT2D eigenvalue weighted by molar-refractivity contribution is -0.148. The first kappa shape index (κ1) is 13.3. The standard InChI is InChI=1S/C14H28N2O/c1-13(2,3)10-12(16-15)11-5-8-17-14(9-11)6-4-7-14/h11-12,16H,4-10,15H2,1-3H3. The molecule has 0 aromatic heterocycles. The Labute approximate surface area is 105 Å². The van der Waals surface area contributed by atoms with Crippen LogP contribution in [0.2, 0.25) is 0 Å². The van der Waals surface area contributed by atoms with E-state index < -0.39 is 0 Å². The van der Waals surface area contributed by atoms with Gasteiger partial charge in [-0.3, -0.25) is 11.3 Å². The van der Waals surface area contributed by atoms with Gasteiger partial charge in [0.25, 0.3) is 0 Å². The highest BCUT2D eigenvalue weighted by atomic mass is 16.5. The molecule has 2 aliphatic rings. The van der Waals surface area contributed by atoms with E-state index in [1.54, 1.807) is 0 Å². The second-order valence-corrected chi connectivity index (χ2v) is 7.18. The minimum atomic E-state index is 0.232. The maximum absolute atomic E-state index is 5.99. The summed E-state index contributed by atoms with van der Waals surface area (Å²) in [5.41, 5.74) is 3.63. The number of ether oxygens (including phenoxy) is 1. The molecule has 1 saturated heterocycles. The van der Waals surface area contributed by atoms with Crippen molar-refractivity contribution in [3.63, 3.8) is 0 Å². The third kappa shape index (κ3) is 3.21. The van der Waals surface area contributed by atoms with Gasteiger partial charge in [-0.25, -0.2) is 0 Å². The summed E-state index contributed by atoms with van der Waals surface area (Å²) in [7, 11) is 0. The summed E-state index contributed by atoms with van der Waals surface area (Å²) >= 11 is 0. The molecule has 100 valence electrons. The lowest BCUT2D eigenvalue weighted by atomic mass is 9.69. The second-order valence-electron chi connectivity index (χ2n) is 7.18. The second kappa shape index (κ2) is 4.87. The van der Waals surface area contributed by atoms with Gasteiger partial charge in [-0.15, -0.1) is 0 Å². The van der Waals surface area contributed by atoms with Crippen molar-refractivity contribution >= 4 is 0 Å². The number of nitrogens with two attached hydrogens (primary N) is 1. The van der Waals surface area contributed by atoms with Crippen LogP contribution in [-0.2, 0) is 4.74 Å². The van der Waals surface area contributed by atoms with Crippen LogP contribution in [0.5, 0.6) is 0 Å². The van der Waals surface area contributed by atoms with Crippen molar-refractivity contribution in [1.29, 1.82) is 0 Å². The highest BCUT2D eigenvalue weighted by molar-refractivity contribution is 4.96. The molecule has 2 fully saturated rings. The van der Waals surface area contributed by atoms with Crippen molar-refractivity contribution in [3.05, 3.63) is 0 Å². The van der Waals surface area contributed by atoms with Crippen LogP contribution in [0.4, 0.5) is 0 Å². The Kier molecular flexibility index (Phi) is 3.81. The molecule has 2 atom stereocenters. The van der Waals surface area contributed by atoms with Crippen molar-refractivity contribution < 1.29 is 4.74 Å². The van der Waals surface area contributed by atoms with Crippen LogP contribution in [0, 0.1) is 11.3 Å². The molecule has 1 saturated carbocycles. The van der Waals surface area contributed by atoms with Gasteiger partial charge in [0.15, 0.2) is 0 Å². The van der Waals surface area contributed by atoms with Crippen molar-refractivity contribution in [2.75, 3.05) is 6.61 Å². The zero-order valence-electron chi connectivity index (χ0n) is 11.6. The first-order chi connectivity index (χ1) is 7.94. The van der Waals surface area contributed by atoms with Gasteiger partial charge in [-0.2, -0.15) is 0 Å². The van der Waals surface area contributed by atoms with E-state index in [0.717, 1.165) is 19.4 Å². The molecular weight excluding hydrogens is 212 g/mol. The normalized spacial score (nSPS) is 30.0. The first-order valence-corrected chi connectivity index (χ1v) is 7.04. The molecule has 1 spiro atoms. The van der Waals surface area contributed by atoms with Gasteiger partial charge < -0.3 is 4.74 Å². The molecule has 2 rings (SSSR count). The maximum atomic E-state index is 5.99. The summed E-state index contributed by atoms with van der Waals surface area (Å²) in [5.74, 6) is 6.46. The number of nitrogens with one attached hydrogen (secondary N) is 1. The number of hydrogen-bond donors (Lipinski definition) is 2. The predicted octanol–water partition coefficient (Wildman–Crippen LogP) is 2.60. The van der Waals surface area contributed by atoms with E-state index in [9.17, 15) is 0 Å². The molecule has 1 aliphatic heterocycles. The summed E-state index contributed by atoms with van der Waals surface area (Å²) in [5, 5.41) is 0. The van der Waals surface area contributed by atoms with E-state index in [1.807, 2.05) is 0 Å². The fourth-order valence-corrected chi connectivity index (χ4v) is 3.35. The number of hydrazine groups is 1. The zero-order valence-corrected chi connectivity index (χ0v) is 11.6. The lowest BCUT2D eigenvalue weighted by Crippen LogP contribution is -2.52. The van der Waals surface area contributed by atoms with Crippen molar-refractivity contribution in [3.8, 4) is 0 Å². The molecule has 0 aromatic carbocycles. The Morgan fingerprint density at radius 3 is 2.59 bits per heavy atom. The molecule has 0 radical (unpaired) electrons. The van der Waals surface area contributed by atoms with Crippen LogP contribution in [0.15, 0.2) is 0 Å². The molecule has 1 heterocycles. The molecule has 2 unspecified atom stereocenters. The first-order valence-electron chi connectivity index (χ1n) is 7.04. The van der Waals surface area contributed by atoms with Gasteiger partial charge in [0.1, 0.15) is 0 Å². The number of hydrogen-bond acceptors (Lipinski definition) is 3. The Morgan fingerprint density at radius 1 is 1.41 bits per heavy atom. The molecule has 17 heavy (non-hydrogen) atoms. The van der Waals surface area contributed by atoms with Crippen LogP contribution in [0.1, 0.15) is 59.3 Å². The van der Waals surface area contributed by atoms with Gasteiger partial charge in [0.2, 0.25) is 0 Å². The van der Waals surface area contributed by atoms with Crippen LogP contribution >= 0.6 is 0 Å². The van der Waals surface area contributed by atoms with Crippen molar-refractivity contribution in [1.82, 2.24) is 5.43 Å². The summed E-state index contributed by atoms with van der Waals surface area (Å²) in [6.07, 6.45) is 7.37. The molecule has 0 amide bonds. The van der Waals surface area contributed by atoms with Crippen LogP contribution in [-0.4, -0.2) is 18.2 Å². The van der Waals surface area contributed by atoms with E-state index in [2.05, 4.69) is 26.2 Å². The summed E-state index contributed by atoms with van der Waals surface area (Å²) < 4.78 is 5.99. The minimum Gasteiger partial charge on any atom is -0.375 e. The SMILES string of the molecule is CC(C)(C)CC(NN)C1CCOC2(CCC2)C1. The molecule has 0 aromatic rings. The van der Waals surface area contributed by atoms with E-state index in [4.69, 9.17) is 10.6 Å². The highest BCUT2D eigenvalue weighted by Gasteiger charge is 2.44. The van der Waals surface area contributed by atoms with E-state index in [0.29, 0.717) is 17.4 Å². The Morgan fingerprint density at radius 2 is 2.12 bits per heavy atom. The molecule has 3 N–H and O–H groups in total. The summed E-state index contributed by atoms with van der Waals surface area (Å²) in [6.45, 7) is 7.79. The average molecular weight is 240 g/mol. The van der Waals surface area contributed by atoms with Crippen molar-refractivity contribution in [2.24, 2.45) is 17.2 Å². The van der Waals surface area contributed by atoms with Gasteiger partial charge in [-0.05, 0) is 49.9 Å². The van der Waals surface area contributed by atoms with Gasteiger partial charge in [-0.1, -0.05) is 20.8 Å². The van der Waals surface area contributed by atoms with Gasteiger partial charge >= 0.3 is 0 Å². The van der Waals surface area contributed by atoms with E-state index in [1.165, 1.54) is 25.7 Å². The smallest absolute Gasteiger partial charge is 0.0685 e. The molecule has 1 aliphatic carbocycles. The molecular formula is C14H28N2O. The summed E-state index contributed by atoms with van der Waals surface area (Å²) in [6, 6.07) is 0.441. The number of rotatable bonds is 3. The molecule has 3 heteroatoms. The Bertz CT molecular complexity index is 255. The monoisotopic (exact) mass is 240 g/mol. The summed E-state index contributed by atoms with van der Waals surface area (Å²) in [4.78, 5) is 0. The quantitative estimate of drug-likeness (QED) is 0.589. The predicted molar refractivity (Wildman–Crippen MR) is 70.4 cm³/mol. The van der Waals surface area contributed by atoms with Gasteiger partial charge in [0.05, 0.1) is 5.60 Å². The van der Waals surface area contributed by atoms with E-state index in [-0.39, 0.29) is 5.60 Å². The Hall–Kier alpha value is -0.120. The molecule has 3 nitrogen and oxygen atoms in total. The van der Waals surface area contributed by atoms with Crippen molar-refractivity contribution in [2.45, 2.75) is 70.9 Å². The third-order valence-electron chi connectivity index (χ3n) is 4.41. The average Bonchev–Trinajstić information content (AvgIpc) is 2.23. The lowest BCUT2D eigenvalue weighted by Gasteiger charge is -2.49. The highest BCUT2D eigenvalue weighted by Crippen LogP contribution is 2.45. The topological polar surface area (TPSA) is 47.3 Å². The fourth-order valence-electron chi connectivity index (χ4n) is 3.35.